The highest BCUT2D eigenvalue weighted by Gasteiger charge is 2.22. The Balaban J connectivity index is 2.03. The van der Waals surface area contributed by atoms with Crippen LogP contribution in [0.3, 0.4) is 0 Å². The molecule has 1 aromatic heterocycles. The molecule has 2 unspecified atom stereocenters. The minimum atomic E-state index is 0.303. The normalized spacial score (nSPS) is 20.9. The van der Waals surface area contributed by atoms with E-state index in [1.165, 1.54) is 0 Å². The molecule has 0 bridgehead atoms. The Kier molecular flexibility index (Phi) is 4.33. The van der Waals surface area contributed by atoms with E-state index in [1.807, 2.05) is 0 Å². The first-order chi connectivity index (χ1) is 8.69. The fourth-order valence-electron chi connectivity index (χ4n) is 2.08. The number of nitrogens with one attached hydrogen (secondary N) is 1. The lowest BCUT2D eigenvalue weighted by Crippen LogP contribution is -2.27. The number of anilines is 2. The quantitative estimate of drug-likeness (QED) is 0.815. The summed E-state index contributed by atoms with van der Waals surface area (Å²) in [4.78, 5) is 8.47. The van der Waals surface area contributed by atoms with E-state index in [0.717, 1.165) is 25.5 Å². The molecule has 2 rings (SSSR count). The zero-order chi connectivity index (χ0) is 13.0. The fraction of sp³-hybridized carbons (Fsp3) is 0.667. The summed E-state index contributed by atoms with van der Waals surface area (Å²) in [5.41, 5.74) is 5.75. The number of nitrogens with zero attached hydrogens (tertiary/aromatic N) is 2. The number of rotatable bonds is 5. The van der Waals surface area contributed by atoms with Crippen molar-refractivity contribution in [2.75, 3.05) is 31.4 Å². The molecule has 3 N–H and O–H groups in total. The van der Waals surface area contributed by atoms with Gasteiger partial charge in [-0.1, -0.05) is 0 Å². The maximum Gasteiger partial charge on any atom is 0.158 e. The molecule has 100 valence electrons. The van der Waals surface area contributed by atoms with Crippen molar-refractivity contribution >= 4 is 11.6 Å². The van der Waals surface area contributed by atoms with Gasteiger partial charge < -0.3 is 20.5 Å². The first-order valence-electron chi connectivity index (χ1n) is 6.15. The van der Waals surface area contributed by atoms with Crippen LogP contribution in [0.15, 0.2) is 6.07 Å². The van der Waals surface area contributed by atoms with Gasteiger partial charge in [-0.3, -0.25) is 0 Å². The van der Waals surface area contributed by atoms with Crippen molar-refractivity contribution in [3.05, 3.63) is 11.9 Å². The predicted octanol–water partition coefficient (Wildman–Crippen LogP) is 1.04. The number of aromatic nitrogens is 2. The Morgan fingerprint density at radius 3 is 3.11 bits per heavy atom. The highest BCUT2D eigenvalue weighted by atomic mass is 16.5. The van der Waals surface area contributed by atoms with Gasteiger partial charge in [-0.15, -0.1) is 0 Å². The van der Waals surface area contributed by atoms with Gasteiger partial charge in [0, 0.05) is 31.7 Å². The molecule has 18 heavy (non-hydrogen) atoms. The van der Waals surface area contributed by atoms with Crippen LogP contribution in [-0.4, -0.2) is 36.3 Å². The van der Waals surface area contributed by atoms with Gasteiger partial charge in [-0.05, 0) is 13.3 Å². The second kappa shape index (κ2) is 5.97. The molecule has 2 atom stereocenters. The predicted molar refractivity (Wildman–Crippen MR) is 69.2 cm³/mol. The van der Waals surface area contributed by atoms with Gasteiger partial charge in [0.2, 0.25) is 0 Å². The first-order valence-corrected chi connectivity index (χ1v) is 6.15. The summed E-state index contributed by atoms with van der Waals surface area (Å²) >= 11 is 0. The van der Waals surface area contributed by atoms with Crippen molar-refractivity contribution in [1.29, 1.82) is 0 Å². The van der Waals surface area contributed by atoms with Crippen molar-refractivity contribution in [2.24, 2.45) is 5.92 Å². The Labute approximate surface area is 107 Å². The van der Waals surface area contributed by atoms with Crippen LogP contribution in [0.5, 0.6) is 0 Å². The van der Waals surface area contributed by atoms with Crippen molar-refractivity contribution < 1.29 is 9.47 Å². The minimum Gasteiger partial charge on any atom is -0.384 e. The van der Waals surface area contributed by atoms with Gasteiger partial charge in [0.25, 0.3) is 0 Å². The van der Waals surface area contributed by atoms with Crippen molar-refractivity contribution in [1.82, 2.24) is 9.97 Å². The fourth-order valence-corrected chi connectivity index (χ4v) is 2.08. The third-order valence-electron chi connectivity index (χ3n) is 3.11. The number of methoxy groups -OCH3 is 1. The van der Waals surface area contributed by atoms with Crippen LogP contribution in [-0.2, 0) is 16.1 Å². The van der Waals surface area contributed by atoms with Gasteiger partial charge in [-0.25, -0.2) is 9.97 Å². The van der Waals surface area contributed by atoms with Gasteiger partial charge in [-0.2, -0.15) is 0 Å². The van der Waals surface area contributed by atoms with E-state index in [1.54, 1.807) is 13.2 Å². The average Bonchev–Trinajstić information content (AvgIpc) is 2.81. The summed E-state index contributed by atoms with van der Waals surface area (Å²) in [6.07, 6.45) is 1.08. The SMILES string of the molecule is COCc1nc(N)cc(NC(C)C2CCOC2)n1. The molecule has 1 saturated heterocycles. The minimum absolute atomic E-state index is 0.303. The summed E-state index contributed by atoms with van der Waals surface area (Å²) < 4.78 is 10.4. The average molecular weight is 252 g/mol. The van der Waals surface area contributed by atoms with E-state index in [4.69, 9.17) is 15.2 Å². The van der Waals surface area contributed by atoms with Gasteiger partial charge in [0.15, 0.2) is 5.82 Å². The Bertz CT molecular complexity index is 394. The Morgan fingerprint density at radius 2 is 2.44 bits per heavy atom. The van der Waals surface area contributed by atoms with Crippen molar-refractivity contribution in [3.63, 3.8) is 0 Å². The lowest BCUT2D eigenvalue weighted by atomic mass is 10.0. The molecule has 0 aromatic carbocycles. The molecular formula is C12H20N4O2. The molecule has 0 aliphatic carbocycles. The lowest BCUT2D eigenvalue weighted by molar-refractivity contribution is 0.178. The second-order valence-corrected chi connectivity index (χ2v) is 4.58. The lowest BCUT2D eigenvalue weighted by Gasteiger charge is -2.20. The van der Waals surface area contributed by atoms with E-state index in [-0.39, 0.29) is 0 Å². The third kappa shape index (κ3) is 3.30. The van der Waals surface area contributed by atoms with E-state index in [9.17, 15) is 0 Å². The molecule has 6 nitrogen and oxygen atoms in total. The van der Waals surface area contributed by atoms with Gasteiger partial charge in [0.1, 0.15) is 18.2 Å². The number of nitrogen functional groups attached to an aromatic ring is 1. The number of hydrogen-bond acceptors (Lipinski definition) is 6. The molecular weight excluding hydrogens is 232 g/mol. The smallest absolute Gasteiger partial charge is 0.158 e. The topological polar surface area (TPSA) is 82.3 Å². The van der Waals surface area contributed by atoms with Gasteiger partial charge >= 0.3 is 0 Å². The largest absolute Gasteiger partial charge is 0.384 e. The summed E-state index contributed by atoms with van der Waals surface area (Å²) in [7, 11) is 1.61. The summed E-state index contributed by atoms with van der Waals surface area (Å²) in [6.45, 7) is 4.14. The highest BCUT2D eigenvalue weighted by Crippen LogP contribution is 2.20. The van der Waals surface area contributed by atoms with E-state index in [2.05, 4.69) is 22.2 Å². The Hall–Kier alpha value is -1.40. The zero-order valence-corrected chi connectivity index (χ0v) is 10.8. The van der Waals surface area contributed by atoms with Crippen LogP contribution in [0.2, 0.25) is 0 Å². The first kappa shape index (κ1) is 13.0. The van der Waals surface area contributed by atoms with Gasteiger partial charge in [0.05, 0.1) is 6.61 Å². The van der Waals surface area contributed by atoms with Crippen LogP contribution in [0.4, 0.5) is 11.6 Å². The summed E-state index contributed by atoms with van der Waals surface area (Å²) in [5, 5.41) is 3.36. The molecule has 0 radical (unpaired) electrons. The summed E-state index contributed by atoms with van der Waals surface area (Å²) in [5.74, 6) is 2.31. The molecule has 0 saturated carbocycles. The summed E-state index contributed by atoms with van der Waals surface area (Å²) in [6, 6.07) is 2.04. The third-order valence-corrected chi connectivity index (χ3v) is 3.11. The number of nitrogens with two attached hydrogens (primary N) is 1. The van der Waals surface area contributed by atoms with E-state index in [0.29, 0.717) is 30.2 Å². The van der Waals surface area contributed by atoms with Crippen LogP contribution in [0.1, 0.15) is 19.2 Å². The van der Waals surface area contributed by atoms with Crippen LogP contribution in [0, 0.1) is 5.92 Å². The van der Waals surface area contributed by atoms with Crippen LogP contribution in [0.25, 0.3) is 0 Å². The molecule has 1 aliphatic heterocycles. The molecule has 1 fully saturated rings. The highest BCUT2D eigenvalue weighted by molar-refractivity contribution is 5.45. The second-order valence-electron chi connectivity index (χ2n) is 4.58. The maximum atomic E-state index is 5.75. The molecule has 0 spiro atoms. The number of ether oxygens (including phenoxy) is 2. The van der Waals surface area contributed by atoms with Crippen LogP contribution < -0.4 is 11.1 Å². The van der Waals surface area contributed by atoms with E-state index < -0.39 is 0 Å². The van der Waals surface area contributed by atoms with Crippen LogP contribution >= 0.6 is 0 Å². The Morgan fingerprint density at radius 1 is 1.61 bits per heavy atom. The molecule has 1 aromatic rings. The molecule has 2 heterocycles. The zero-order valence-electron chi connectivity index (χ0n) is 10.8. The van der Waals surface area contributed by atoms with Crippen molar-refractivity contribution in [3.8, 4) is 0 Å². The number of hydrogen-bond donors (Lipinski definition) is 2. The van der Waals surface area contributed by atoms with Crippen molar-refractivity contribution in [2.45, 2.75) is 26.0 Å². The molecule has 1 aliphatic rings. The molecule has 6 heteroatoms. The maximum absolute atomic E-state index is 5.75. The van der Waals surface area contributed by atoms with E-state index >= 15 is 0 Å². The monoisotopic (exact) mass is 252 g/mol. The molecule has 0 amide bonds. The standard InChI is InChI=1S/C12H20N4O2/c1-8(9-3-4-18-6-9)14-11-5-10(13)15-12(16-11)7-17-2/h5,8-9H,3-4,6-7H2,1-2H3,(H3,13,14,15,16).